The first-order valence-electron chi connectivity index (χ1n) is 12.4. The Labute approximate surface area is 224 Å². The summed E-state index contributed by atoms with van der Waals surface area (Å²) in [5.41, 5.74) is 6.02. The number of hydrogen-bond donors (Lipinski definition) is 2. The molecule has 0 bridgehead atoms. The Morgan fingerprint density at radius 1 is 1.11 bits per heavy atom. The van der Waals surface area contributed by atoms with Crippen LogP contribution in [0, 0.1) is 18.3 Å². The predicted octanol–water partition coefficient (Wildman–Crippen LogP) is 5.15. The van der Waals surface area contributed by atoms with Crippen LogP contribution in [-0.2, 0) is 29.3 Å². The molecule has 0 saturated carbocycles. The zero-order valence-electron chi connectivity index (χ0n) is 22.2. The standard InChI is InChI=1S/C29H33N5O3S/c1-6-26-28(34(27(7-2)32-26)19-22(5)21(4)18-30)24-12-10-23(11-13-24)16-17-31-29(35)33-38(36,37)25-14-8-20(3)9-15-25/h8-15,19H,4,6-7,16-17H2,1-3,5H3,(H2,31,33,35)/b22-19-. The minimum Gasteiger partial charge on any atom is -0.337 e. The number of rotatable bonds is 10. The second-order valence-corrected chi connectivity index (χ2v) is 10.6. The zero-order chi connectivity index (χ0) is 27.9. The van der Waals surface area contributed by atoms with Gasteiger partial charge in [0.15, 0.2) is 0 Å². The van der Waals surface area contributed by atoms with Gasteiger partial charge in [-0.2, -0.15) is 5.26 Å². The highest BCUT2D eigenvalue weighted by Gasteiger charge is 2.18. The molecule has 2 N–H and O–H groups in total. The van der Waals surface area contributed by atoms with Crippen LogP contribution in [0.25, 0.3) is 17.5 Å². The lowest BCUT2D eigenvalue weighted by Crippen LogP contribution is -2.40. The van der Waals surface area contributed by atoms with E-state index in [1.165, 1.54) is 12.1 Å². The Balaban J connectivity index is 1.70. The van der Waals surface area contributed by atoms with Gasteiger partial charge in [-0.3, -0.25) is 0 Å². The zero-order valence-corrected chi connectivity index (χ0v) is 23.0. The molecule has 0 aliphatic carbocycles. The van der Waals surface area contributed by atoms with Crippen molar-refractivity contribution in [3.8, 4) is 17.3 Å². The normalized spacial score (nSPS) is 11.6. The van der Waals surface area contributed by atoms with Gasteiger partial charge in [-0.05, 0) is 50.0 Å². The quantitative estimate of drug-likeness (QED) is 0.277. The molecule has 0 spiro atoms. The fourth-order valence-corrected chi connectivity index (χ4v) is 4.84. The van der Waals surface area contributed by atoms with Crippen LogP contribution in [0.15, 0.2) is 71.2 Å². The van der Waals surface area contributed by atoms with Crippen molar-refractivity contribution in [3.63, 3.8) is 0 Å². The number of carbonyl (C=O) groups excluding carboxylic acids is 1. The van der Waals surface area contributed by atoms with Gasteiger partial charge in [0.2, 0.25) is 0 Å². The van der Waals surface area contributed by atoms with Crippen molar-refractivity contribution < 1.29 is 13.2 Å². The molecular weight excluding hydrogens is 498 g/mol. The van der Waals surface area contributed by atoms with Crippen molar-refractivity contribution in [3.05, 3.63) is 88.9 Å². The summed E-state index contributed by atoms with van der Waals surface area (Å²) in [5, 5.41) is 11.8. The van der Waals surface area contributed by atoms with Crippen LogP contribution in [0.3, 0.4) is 0 Å². The van der Waals surface area contributed by atoms with Crippen molar-refractivity contribution in [2.45, 2.75) is 51.9 Å². The van der Waals surface area contributed by atoms with Gasteiger partial charge in [0, 0.05) is 30.3 Å². The summed E-state index contributed by atoms with van der Waals surface area (Å²) in [6.07, 6.45) is 3.93. The molecule has 1 heterocycles. The smallest absolute Gasteiger partial charge is 0.328 e. The molecule has 38 heavy (non-hydrogen) atoms. The number of hydrogen-bond acceptors (Lipinski definition) is 5. The van der Waals surface area contributed by atoms with E-state index in [-0.39, 0.29) is 11.4 Å². The minimum absolute atomic E-state index is 0.0349. The Bertz CT molecular complexity index is 1490. The maximum absolute atomic E-state index is 12.4. The highest BCUT2D eigenvalue weighted by Crippen LogP contribution is 2.28. The number of amides is 2. The van der Waals surface area contributed by atoms with Crippen LogP contribution in [0.2, 0.25) is 0 Å². The Morgan fingerprint density at radius 2 is 1.76 bits per heavy atom. The first-order chi connectivity index (χ1) is 18.1. The number of benzene rings is 2. The first-order valence-corrected chi connectivity index (χ1v) is 13.9. The number of imidazole rings is 1. The van der Waals surface area contributed by atoms with E-state index in [0.717, 1.165) is 52.3 Å². The summed E-state index contributed by atoms with van der Waals surface area (Å²) in [5.74, 6) is 0.904. The lowest BCUT2D eigenvalue weighted by atomic mass is 10.0. The SMILES string of the molecule is C=C(C#N)/C(C)=C\n1c(CC)nc(CC)c1-c1ccc(CCNC(=O)NS(=O)(=O)c2ccc(C)cc2)cc1. The average Bonchev–Trinajstić information content (AvgIpc) is 3.25. The van der Waals surface area contributed by atoms with Crippen molar-refractivity contribution >= 4 is 22.3 Å². The molecule has 198 valence electrons. The molecule has 3 aromatic rings. The monoisotopic (exact) mass is 531 g/mol. The molecule has 2 aromatic carbocycles. The molecule has 0 radical (unpaired) electrons. The third kappa shape index (κ3) is 6.78. The number of nitrogens with zero attached hydrogens (tertiary/aromatic N) is 3. The maximum atomic E-state index is 12.4. The molecule has 1 aromatic heterocycles. The third-order valence-electron chi connectivity index (χ3n) is 6.13. The minimum atomic E-state index is -3.93. The fourth-order valence-electron chi connectivity index (χ4n) is 3.92. The largest absolute Gasteiger partial charge is 0.337 e. The van der Waals surface area contributed by atoms with E-state index in [1.54, 1.807) is 12.1 Å². The fraction of sp³-hybridized carbons (Fsp3) is 0.276. The number of aromatic nitrogens is 2. The molecule has 0 saturated heterocycles. The number of carbonyl (C=O) groups is 1. The van der Waals surface area contributed by atoms with Gasteiger partial charge in [0.05, 0.1) is 22.4 Å². The van der Waals surface area contributed by atoms with Crippen LogP contribution >= 0.6 is 0 Å². The lowest BCUT2D eigenvalue weighted by molar-refractivity contribution is 0.246. The number of nitriles is 1. The summed E-state index contributed by atoms with van der Waals surface area (Å²) in [6, 6.07) is 15.6. The number of nitrogens with one attached hydrogen (secondary N) is 2. The second-order valence-electron chi connectivity index (χ2n) is 8.92. The molecule has 0 unspecified atom stereocenters. The van der Waals surface area contributed by atoms with Crippen LogP contribution < -0.4 is 10.0 Å². The van der Waals surface area contributed by atoms with Crippen molar-refractivity contribution in [1.82, 2.24) is 19.6 Å². The summed E-state index contributed by atoms with van der Waals surface area (Å²) in [4.78, 5) is 17.0. The summed E-state index contributed by atoms with van der Waals surface area (Å²) in [7, 11) is -3.93. The lowest BCUT2D eigenvalue weighted by Gasteiger charge is -2.11. The van der Waals surface area contributed by atoms with E-state index in [0.29, 0.717) is 12.0 Å². The molecule has 0 aliphatic heterocycles. The number of aryl methyl sites for hydroxylation is 3. The Hall–Kier alpha value is -4.16. The van der Waals surface area contributed by atoms with Gasteiger partial charge in [-0.25, -0.2) is 22.9 Å². The maximum Gasteiger partial charge on any atom is 0.328 e. The van der Waals surface area contributed by atoms with Gasteiger partial charge < -0.3 is 9.88 Å². The molecule has 8 nitrogen and oxygen atoms in total. The third-order valence-corrected chi connectivity index (χ3v) is 7.47. The summed E-state index contributed by atoms with van der Waals surface area (Å²) in [6.45, 7) is 11.9. The van der Waals surface area contributed by atoms with E-state index in [2.05, 4.69) is 24.9 Å². The van der Waals surface area contributed by atoms with Crippen molar-refractivity contribution in [2.24, 2.45) is 0 Å². The molecular formula is C29H33N5O3S. The highest BCUT2D eigenvalue weighted by atomic mass is 32.2. The van der Waals surface area contributed by atoms with Crippen LogP contribution in [0.1, 0.15) is 43.4 Å². The van der Waals surface area contributed by atoms with Crippen LogP contribution in [0.4, 0.5) is 4.79 Å². The number of urea groups is 1. The van der Waals surface area contributed by atoms with Crippen LogP contribution in [0.5, 0.6) is 0 Å². The first kappa shape index (κ1) is 28.4. The van der Waals surface area contributed by atoms with Gasteiger partial charge in [-0.15, -0.1) is 0 Å². The average molecular weight is 532 g/mol. The highest BCUT2D eigenvalue weighted by molar-refractivity contribution is 7.90. The molecule has 0 atom stereocenters. The second kappa shape index (κ2) is 12.4. The van der Waals surface area contributed by atoms with Crippen molar-refractivity contribution in [2.75, 3.05) is 6.54 Å². The molecule has 0 fully saturated rings. The van der Waals surface area contributed by atoms with Crippen molar-refractivity contribution in [1.29, 1.82) is 5.26 Å². The Kier molecular flexibility index (Phi) is 9.26. The van der Waals surface area contributed by atoms with Crippen LogP contribution in [-0.4, -0.2) is 30.5 Å². The van der Waals surface area contributed by atoms with E-state index >= 15 is 0 Å². The summed E-state index contributed by atoms with van der Waals surface area (Å²) < 4.78 is 28.8. The molecule has 0 aliphatic rings. The van der Waals surface area contributed by atoms with E-state index in [4.69, 9.17) is 4.98 Å². The van der Waals surface area contributed by atoms with E-state index in [1.807, 2.05) is 60.5 Å². The van der Waals surface area contributed by atoms with Gasteiger partial charge in [-0.1, -0.05) is 62.4 Å². The van der Waals surface area contributed by atoms with E-state index < -0.39 is 16.1 Å². The molecule has 9 heteroatoms. The number of sulfonamides is 1. The molecule has 3 rings (SSSR count). The van der Waals surface area contributed by atoms with Gasteiger partial charge in [0.1, 0.15) is 5.82 Å². The predicted molar refractivity (Wildman–Crippen MR) is 150 cm³/mol. The van der Waals surface area contributed by atoms with Gasteiger partial charge in [0.25, 0.3) is 10.0 Å². The number of allylic oxidation sites excluding steroid dienone is 2. The Morgan fingerprint density at radius 3 is 2.34 bits per heavy atom. The van der Waals surface area contributed by atoms with E-state index in [9.17, 15) is 18.5 Å². The molecule has 2 amide bonds. The van der Waals surface area contributed by atoms with Gasteiger partial charge >= 0.3 is 6.03 Å². The summed E-state index contributed by atoms with van der Waals surface area (Å²) >= 11 is 0. The topological polar surface area (TPSA) is 117 Å².